The standard InChI is InChI=1S/C10H9BrN2O/c11-8-3-1-7(2-4-8)5-9-6-14-10(12)13-9/h1-4,6H,5H2,(H2,12,13). The van der Waals surface area contributed by atoms with Crippen LogP contribution in [0.1, 0.15) is 11.3 Å². The molecule has 0 aliphatic heterocycles. The number of nitrogens with two attached hydrogens (primary N) is 1. The SMILES string of the molecule is Nc1nc(Cc2ccc(Br)cc2)co1. The largest absolute Gasteiger partial charge is 0.432 e. The highest BCUT2D eigenvalue weighted by atomic mass is 79.9. The minimum absolute atomic E-state index is 0.220. The number of aromatic nitrogens is 1. The summed E-state index contributed by atoms with van der Waals surface area (Å²) >= 11 is 3.38. The lowest BCUT2D eigenvalue weighted by Gasteiger charge is -1.96. The van der Waals surface area contributed by atoms with Gasteiger partial charge < -0.3 is 10.2 Å². The predicted molar refractivity (Wildman–Crippen MR) is 57.9 cm³/mol. The lowest BCUT2D eigenvalue weighted by atomic mass is 10.1. The van der Waals surface area contributed by atoms with Crippen LogP contribution in [0.15, 0.2) is 39.4 Å². The van der Waals surface area contributed by atoms with E-state index >= 15 is 0 Å². The summed E-state index contributed by atoms with van der Waals surface area (Å²) in [6, 6.07) is 8.29. The van der Waals surface area contributed by atoms with Gasteiger partial charge in [-0.2, -0.15) is 4.98 Å². The maximum Gasteiger partial charge on any atom is 0.292 e. The molecule has 0 unspecified atom stereocenters. The fourth-order valence-electron chi connectivity index (χ4n) is 1.22. The molecule has 14 heavy (non-hydrogen) atoms. The van der Waals surface area contributed by atoms with Crippen LogP contribution in [0.2, 0.25) is 0 Å². The van der Waals surface area contributed by atoms with Crippen LogP contribution >= 0.6 is 15.9 Å². The molecule has 1 aromatic heterocycles. The third-order valence-electron chi connectivity index (χ3n) is 1.87. The van der Waals surface area contributed by atoms with Crippen molar-refractivity contribution in [2.45, 2.75) is 6.42 Å². The van der Waals surface area contributed by atoms with Crippen LogP contribution in [-0.2, 0) is 6.42 Å². The third-order valence-corrected chi connectivity index (χ3v) is 2.40. The maximum atomic E-state index is 5.37. The van der Waals surface area contributed by atoms with Gasteiger partial charge in [-0.1, -0.05) is 28.1 Å². The molecule has 3 nitrogen and oxygen atoms in total. The van der Waals surface area contributed by atoms with E-state index in [4.69, 9.17) is 10.2 Å². The van der Waals surface area contributed by atoms with Crippen LogP contribution in [-0.4, -0.2) is 4.98 Å². The van der Waals surface area contributed by atoms with E-state index in [0.717, 1.165) is 16.6 Å². The van der Waals surface area contributed by atoms with E-state index in [1.807, 2.05) is 24.3 Å². The van der Waals surface area contributed by atoms with Gasteiger partial charge in [0.1, 0.15) is 6.26 Å². The Hall–Kier alpha value is -1.29. The summed E-state index contributed by atoms with van der Waals surface area (Å²) in [5.74, 6) is 0. The molecular weight excluding hydrogens is 244 g/mol. The first-order chi connectivity index (χ1) is 6.74. The Morgan fingerprint density at radius 2 is 2.00 bits per heavy atom. The van der Waals surface area contributed by atoms with E-state index in [1.54, 1.807) is 6.26 Å². The van der Waals surface area contributed by atoms with E-state index in [1.165, 1.54) is 5.56 Å². The van der Waals surface area contributed by atoms with Crippen molar-refractivity contribution in [2.75, 3.05) is 5.73 Å². The number of nitrogens with zero attached hydrogens (tertiary/aromatic N) is 1. The van der Waals surface area contributed by atoms with Crippen LogP contribution in [0, 0.1) is 0 Å². The van der Waals surface area contributed by atoms with Crippen molar-refractivity contribution in [2.24, 2.45) is 0 Å². The van der Waals surface area contributed by atoms with Gasteiger partial charge in [-0.15, -0.1) is 0 Å². The fraction of sp³-hybridized carbons (Fsp3) is 0.100. The molecule has 0 spiro atoms. The summed E-state index contributed by atoms with van der Waals surface area (Å²) in [6.07, 6.45) is 2.32. The number of anilines is 1. The molecule has 2 N–H and O–H groups in total. The molecule has 0 fully saturated rings. The molecule has 0 radical (unpaired) electrons. The summed E-state index contributed by atoms with van der Waals surface area (Å²) < 4.78 is 5.99. The predicted octanol–water partition coefficient (Wildman–Crippen LogP) is 2.61. The number of nitrogen functional groups attached to an aromatic ring is 1. The molecule has 0 atom stereocenters. The zero-order chi connectivity index (χ0) is 9.97. The Kier molecular flexibility index (Phi) is 2.54. The number of rotatable bonds is 2. The van der Waals surface area contributed by atoms with Crippen molar-refractivity contribution in [3.63, 3.8) is 0 Å². The normalized spacial score (nSPS) is 10.4. The summed E-state index contributed by atoms with van der Waals surface area (Å²) in [5.41, 5.74) is 7.40. The minimum atomic E-state index is 0.220. The highest BCUT2D eigenvalue weighted by Crippen LogP contribution is 2.14. The number of hydrogen-bond donors (Lipinski definition) is 1. The van der Waals surface area contributed by atoms with Crippen LogP contribution in [0.25, 0.3) is 0 Å². The van der Waals surface area contributed by atoms with Crippen LogP contribution in [0.3, 0.4) is 0 Å². The molecule has 0 saturated carbocycles. The van der Waals surface area contributed by atoms with Gasteiger partial charge in [0, 0.05) is 10.9 Å². The molecule has 0 aliphatic carbocycles. The summed E-state index contributed by atoms with van der Waals surface area (Å²) in [6.45, 7) is 0. The van der Waals surface area contributed by atoms with Crippen LogP contribution < -0.4 is 5.73 Å². The van der Waals surface area contributed by atoms with Crippen LogP contribution in [0.4, 0.5) is 6.01 Å². The Morgan fingerprint density at radius 1 is 1.29 bits per heavy atom. The monoisotopic (exact) mass is 252 g/mol. The smallest absolute Gasteiger partial charge is 0.292 e. The van der Waals surface area contributed by atoms with Gasteiger partial charge in [0.25, 0.3) is 6.01 Å². The second-order valence-electron chi connectivity index (χ2n) is 2.98. The summed E-state index contributed by atoms with van der Waals surface area (Å²) in [7, 11) is 0. The average molecular weight is 253 g/mol. The zero-order valence-corrected chi connectivity index (χ0v) is 8.99. The number of halogens is 1. The van der Waals surface area contributed by atoms with E-state index < -0.39 is 0 Å². The van der Waals surface area contributed by atoms with Gasteiger partial charge in [0.2, 0.25) is 0 Å². The number of benzene rings is 1. The first-order valence-corrected chi connectivity index (χ1v) is 4.97. The van der Waals surface area contributed by atoms with Crippen molar-refractivity contribution in [3.05, 3.63) is 46.3 Å². The van der Waals surface area contributed by atoms with E-state index in [-0.39, 0.29) is 6.01 Å². The molecule has 2 rings (SSSR count). The van der Waals surface area contributed by atoms with E-state index in [2.05, 4.69) is 20.9 Å². The Bertz CT molecular complexity index is 422. The van der Waals surface area contributed by atoms with Crippen molar-refractivity contribution < 1.29 is 4.42 Å². The lowest BCUT2D eigenvalue weighted by molar-refractivity contribution is 0.579. The van der Waals surface area contributed by atoms with E-state index in [0.29, 0.717) is 0 Å². The minimum Gasteiger partial charge on any atom is -0.432 e. The topological polar surface area (TPSA) is 52.0 Å². The summed E-state index contributed by atoms with van der Waals surface area (Å²) in [5, 5.41) is 0. The average Bonchev–Trinajstić information content (AvgIpc) is 2.56. The molecule has 4 heteroatoms. The van der Waals surface area contributed by atoms with Gasteiger partial charge >= 0.3 is 0 Å². The molecule has 0 aliphatic rings. The fourth-order valence-corrected chi connectivity index (χ4v) is 1.48. The van der Waals surface area contributed by atoms with Crippen molar-refractivity contribution in [1.82, 2.24) is 4.98 Å². The molecule has 0 bridgehead atoms. The zero-order valence-electron chi connectivity index (χ0n) is 7.40. The van der Waals surface area contributed by atoms with Gasteiger partial charge in [0.05, 0.1) is 5.69 Å². The van der Waals surface area contributed by atoms with Gasteiger partial charge in [0.15, 0.2) is 0 Å². The highest BCUT2D eigenvalue weighted by Gasteiger charge is 2.01. The Labute approximate surface area is 90.1 Å². The third kappa shape index (κ3) is 2.14. The highest BCUT2D eigenvalue weighted by molar-refractivity contribution is 9.10. The molecule has 72 valence electrons. The summed E-state index contributed by atoms with van der Waals surface area (Å²) in [4.78, 5) is 4.03. The van der Waals surface area contributed by atoms with Crippen molar-refractivity contribution >= 4 is 21.9 Å². The van der Waals surface area contributed by atoms with Crippen molar-refractivity contribution in [1.29, 1.82) is 0 Å². The molecule has 1 aromatic carbocycles. The molecular formula is C10H9BrN2O. The molecule has 1 heterocycles. The second-order valence-corrected chi connectivity index (χ2v) is 3.90. The van der Waals surface area contributed by atoms with Gasteiger partial charge in [-0.05, 0) is 17.7 Å². The van der Waals surface area contributed by atoms with Crippen LogP contribution in [0.5, 0.6) is 0 Å². The van der Waals surface area contributed by atoms with Gasteiger partial charge in [-0.25, -0.2) is 0 Å². The quantitative estimate of drug-likeness (QED) is 0.894. The van der Waals surface area contributed by atoms with E-state index in [9.17, 15) is 0 Å². The Morgan fingerprint density at radius 3 is 2.57 bits per heavy atom. The lowest BCUT2D eigenvalue weighted by Crippen LogP contribution is -1.89. The molecule has 0 saturated heterocycles. The second kappa shape index (κ2) is 3.84. The van der Waals surface area contributed by atoms with Gasteiger partial charge in [-0.3, -0.25) is 0 Å². The maximum absolute atomic E-state index is 5.37. The number of oxazole rings is 1. The van der Waals surface area contributed by atoms with Crippen molar-refractivity contribution in [3.8, 4) is 0 Å². The molecule has 0 amide bonds. The first kappa shape index (κ1) is 9.27. The Balaban J connectivity index is 2.15. The molecule has 2 aromatic rings. The first-order valence-electron chi connectivity index (χ1n) is 4.18. The number of hydrogen-bond acceptors (Lipinski definition) is 3.